The van der Waals surface area contributed by atoms with Crippen LogP contribution in [-0.4, -0.2) is 52.8 Å². The maximum absolute atomic E-state index is 13.5. The summed E-state index contributed by atoms with van der Waals surface area (Å²) in [6, 6.07) is 0. The molecule has 0 spiro atoms. The first-order chi connectivity index (χ1) is 11.8. The van der Waals surface area contributed by atoms with Crippen LogP contribution < -0.4 is 5.32 Å². The molecule has 150 valence electrons. The molecule has 2 aliphatic rings. The summed E-state index contributed by atoms with van der Waals surface area (Å²) in [5.41, 5.74) is -1.85. The van der Waals surface area contributed by atoms with Crippen molar-refractivity contribution in [2.45, 2.75) is 97.0 Å². The smallest absolute Gasteiger partial charge is 0.408 e. The zero-order valence-corrected chi connectivity index (χ0v) is 17.5. The van der Waals surface area contributed by atoms with E-state index in [0.717, 1.165) is 12.8 Å². The molecule has 0 radical (unpaired) electrons. The third-order valence-electron chi connectivity index (χ3n) is 5.13. The number of amides is 2. The van der Waals surface area contributed by atoms with Crippen LogP contribution in [-0.2, 0) is 14.3 Å². The molecule has 0 bridgehead atoms. The minimum Gasteiger partial charge on any atom is -0.444 e. The van der Waals surface area contributed by atoms with E-state index >= 15 is 0 Å². The van der Waals surface area contributed by atoms with E-state index in [1.165, 1.54) is 0 Å². The normalized spacial score (nSPS) is 32.0. The molecule has 1 saturated heterocycles. The summed E-state index contributed by atoms with van der Waals surface area (Å²) < 4.78 is 11.4. The van der Waals surface area contributed by atoms with E-state index in [0.29, 0.717) is 31.8 Å². The van der Waals surface area contributed by atoms with Crippen molar-refractivity contribution in [1.29, 1.82) is 0 Å². The second-order valence-electron chi connectivity index (χ2n) is 9.77. The third-order valence-corrected chi connectivity index (χ3v) is 5.13. The van der Waals surface area contributed by atoms with E-state index in [2.05, 4.69) is 12.2 Å². The molecule has 2 fully saturated rings. The van der Waals surface area contributed by atoms with E-state index in [1.807, 2.05) is 46.4 Å². The Morgan fingerprint density at radius 1 is 1.15 bits per heavy atom. The van der Waals surface area contributed by atoms with E-state index in [9.17, 15) is 9.59 Å². The molecule has 1 aliphatic carbocycles. The topological polar surface area (TPSA) is 67.9 Å². The quantitative estimate of drug-likeness (QED) is 0.810. The van der Waals surface area contributed by atoms with E-state index < -0.39 is 17.2 Å². The summed E-state index contributed by atoms with van der Waals surface area (Å²) >= 11 is 0. The molecular weight excluding hydrogens is 332 g/mol. The van der Waals surface area contributed by atoms with Gasteiger partial charge in [0.15, 0.2) is 0 Å². The van der Waals surface area contributed by atoms with Crippen LogP contribution in [0.15, 0.2) is 0 Å². The molecule has 1 heterocycles. The number of ether oxygens (including phenoxy) is 2. The van der Waals surface area contributed by atoms with Crippen molar-refractivity contribution >= 4 is 12.0 Å². The number of alkyl carbamates (subject to hydrolysis) is 1. The van der Waals surface area contributed by atoms with Crippen LogP contribution in [0.25, 0.3) is 0 Å². The number of hydrogen-bond acceptors (Lipinski definition) is 4. The fourth-order valence-corrected chi connectivity index (χ4v) is 4.06. The molecule has 2 amide bonds. The molecule has 0 aromatic heterocycles. The number of hydrogen-bond donors (Lipinski definition) is 1. The predicted molar refractivity (Wildman–Crippen MR) is 101 cm³/mol. The maximum Gasteiger partial charge on any atom is 0.408 e. The van der Waals surface area contributed by atoms with E-state index in [1.54, 1.807) is 0 Å². The van der Waals surface area contributed by atoms with Crippen LogP contribution >= 0.6 is 0 Å². The van der Waals surface area contributed by atoms with Crippen molar-refractivity contribution in [2.75, 3.05) is 13.1 Å². The fraction of sp³-hybridized carbons (Fsp3) is 0.900. The lowest BCUT2D eigenvalue weighted by molar-refractivity contribution is -0.165. The predicted octanol–water partition coefficient (Wildman–Crippen LogP) is 3.49. The minimum absolute atomic E-state index is 0.00140. The average molecular weight is 369 g/mol. The van der Waals surface area contributed by atoms with Crippen LogP contribution in [0.4, 0.5) is 4.79 Å². The summed E-state index contributed by atoms with van der Waals surface area (Å²) in [6.45, 7) is 14.8. The summed E-state index contributed by atoms with van der Waals surface area (Å²) in [4.78, 5) is 27.8. The molecule has 0 unspecified atom stereocenters. The molecular formula is C20H36N2O4. The summed E-state index contributed by atoms with van der Waals surface area (Å²) in [5, 5.41) is 2.96. The Morgan fingerprint density at radius 2 is 1.73 bits per heavy atom. The zero-order valence-electron chi connectivity index (χ0n) is 17.5. The van der Waals surface area contributed by atoms with Crippen LogP contribution in [0.1, 0.15) is 74.1 Å². The third kappa shape index (κ3) is 5.35. The van der Waals surface area contributed by atoms with Crippen LogP contribution in [0.5, 0.6) is 0 Å². The summed E-state index contributed by atoms with van der Waals surface area (Å²) in [5.74, 6) is 0.565. The number of carbonyl (C=O) groups excluding carboxylic acids is 2. The average Bonchev–Trinajstić information content (AvgIpc) is 2.45. The summed E-state index contributed by atoms with van der Waals surface area (Å²) in [7, 11) is 0. The van der Waals surface area contributed by atoms with E-state index in [-0.39, 0.29) is 17.6 Å². The summed E-state index contributed by atoms with van der Waals surface area (Å²) in [6.07, 6.45) is 2.61. The van der Waals surface area contributed by atoms with Gasteiger partial charge < -0.3 is 19.7 Å². The molecule has 0 aromatic rings. The lowest BCUT2D eigenvalue weighted by Gasteiger charge is -2.47. The van der Waals surface area contributed by atoms with Gasteiger partial charge in [-0.25, -0.2) is 4.79 Å². The highest BCUT2D eigenvalue weighted by Gasteiger charge is 2.47. The van der Waals surface area contributed by atoms with Crippen molar-refractivity contribution in [3.63, 3.8) is 0 Å². The van der Waals surface area contributed by atoms with Crippen molar-refractivity contribution in [3.8, 4) is 0 Å². The molecule has 1 N–H and O–H groups in total. The molecule has 6 nitrogen and oxygen atoms in total. The largest absolute Gasteiger partial charge is 0.444 e. The molecule has 26 heavy (non-hydrogen) atoms. The number of morpholine rings is 1. The lowest BCUT2D eigenvalue weighted by Crippen LogP contribution is -2.65. The van der Waals surface area contributed by atoms with Gasteiger partial charge in [0.1, 0.15) is 11.1 Å². The number of nitrogens with zero attached hydrogens (tertiary/aromatic N) is 1. The second kappa shape index (κ2) is 7.37. The SMILES string of the molecule is CC1CCC(NC(=O)OC(C)(C)C)(C(=O)N2C[C@@H](C)OC(C)(C)C2)CC1. The number of nitrogens with one attached hydrogen (secondary N) is 1. The zero-order chi connectivity index (χ0) is 19.8. The van der Waals surface area contributed by atoms with Gasteiger partial charge in [-0.1, -0.05) is 6.92 Å². The van der Waals surface area contributed by atoms with Crippen LogP contribution in [0.3, 0.4) is 0 Å². The Morgan fingerprint density at radius 3 is 2.23 bits per heavy atom. The second-order valence-corrected chi connectivity index (χ2v) is 9.77. The Balaban J connectivity index is 2.20. The Kier molecular flexibility index (Phi) is 5.96. The van der Waals surface area contributed by atoms with Gasteiger partial charge in [-0.3, -0.25) is 4.79 Å². The minimum atomic E-state index is -0.873. The molecule has 1 saturated carbocycles. The van der Waals surface area contributed by atoms with E-state index in [4.69, 9.17) is 9.47 Å². The van der Waals surface area contributed by atoms with Gasteiger partial charge >= 0.3 is 6.09 Å². The number of carbonyl (C=O) groups is 2. The highest BCUT2D eigenvalue weighted by atomic mass is 16.6. The molecule has 1 atom stereocenters. The lowest BCUT2D eigenvalue weighted by atomic mass is 9.76. The fourth-order valence-electron chi connectivity index (χ4n) is 4.06. The molecule has 2 rings (SSSR count). The van der Waals surface area contributed by atoms with Crippen LogP contribution in [0.2, 0.25) is 0 Å². The van der Waals surface area contributed by atoms with Crippen molar-refractivity contribution in [3.05, 3.63) is 0 Å². The van der Waals surface area contributed by atoms with Gasteiger partial charge in [0.2, 0.25) is 5.91 Å². The maximum atomic E-state index is 13.5. The Bertz CT molecular complexity index is 530. The van der Waals surface area contributed by atoms with Gasteiger partial charge in [0, 0.05) is 13.1 Å². The number of rotatable bonds is 2. The van der Waals surface area contributed by atoms with Crippen LogP contribution in [0, 0.1) is 5.92 Å². The molecule has 1 aliphatic heterocycles. The van der Waals surface area contributed by atoms with Crippen molar-refractivity contribution < 1.29 is 19.1 Å². The van der Waals surface area contributed by atoms with Gasteiger partial charge in [-0.05, 0) is 73.1 Å². The Labute approximate surface area is 158 Å². The van der Waals surface area contributed by atoms with Crippen molar-refractivity contribution in [2.24, 2.45) is 5.92 Å². The monoisotopic (exact) mass is 368 g/mol. The van der Waals surface area contributed by atoms with Gasteiger partial charge in [0.05, 0.1) is 11.7 Å². The first-order valence-corrected chi connectivity index (χ1v) is 9.80. The van der Waals surface area contributed by atoms with Crippen molar-refractivity contribution in [1.82, 2.24) is 10.2 Å². The first kappa shape index (κ1) is 21.0. The van der Waals surface area contributed by atoms with Gasteiger partial charge in [-0.15, -0.1) is 0 Å². The molecule has 0 aromatic carbocycles. The highest BCUT2D eigenvalue weighted by molar-refractivity contribution is 5.90. The first-order valence-electron chi connectivity index (χ1n) is 9.80. The van der Waals surface area contributed by atoms with Gasteiger partial charge in [-0.2, -0.15) is 0 Å². The standard InChI is InChI=1S/C20H36N2O4/c1-14-8-10-20(11-9-14,21-17(24)26-18(3,4)5)16(23)22-12-15(2)25-19(6,7)13-22/h14-15H,8-13H2,1-7H3,(H,21,24)/t14?,15-,20?/m1/s1. The van der Waals surface area contributed by atoms with Gasteiger partial charge in [0.25, 0.3) is 0 Å². The molecule has 6 heteroatoms. The highest BCUT2D eigenvalue weighted by Crippen LogP contribution is 2.35. The Hall–Kier alpha value is -1.30.